The van der Waals surface area contributed by atoms with Crippen LogP contribution in [-0.4, -0.2) is 62.4 Å². The molecule has 3 rings (SSSR count). The van der Waals surface area contributed by atoms with Gasteiger partial charge in [0.25, 0.3) is 0 Å². The molecule has 2 aromatic rings. The van der Waals surface area contributed by atoms with E-state index in [1.807, 2.05) is 6.07 Å². The number of fused-ring (bicyclic) bond motifs is 1. The van der Waals surface area contributed by atoms with Gasteiger partial charge in [-0.2, -0.15) is 0 Å². The van der Waals surface area contributed by atoms with Crippen molar-refractivity contribution in [3.05, 3.63) is 18.2 Å². The van der Waals surface area contributed by atoms with Crippen LogP contribution in [0.15, 0.2) is 18.2 Å². The molecule has 0 saturated carbocycles. The van der Waals surface area contributed by atoms with E-state index in [1.165, 1.54) is 32.5 Å². The lowest BCUT2D eigenvalue weighted by atomic mass is 10.1. The molecule has 29 heavy (non-hydrogen) atoms. The second-order valence-electron chi connectivity index (χ2n) is 6.48. The van der Waals surface area contributed by atoms with Gasteiger partial charge in [0.15, 0.2) is 23.7 Å². The molecule has 1 saturated heterocycles. The number of ether oxygens (including phenoxy) is 4. The maximum absolute atomic E-state index is 11.7. The van der Waals surface area contributed by atoms with Gasteiger partial charge >= 0.3 is 17.9 Å². The Hall–Kier alpha value is -2.82. The Balaban J connectivity index is 1.87. The molecule has 0 unspecified atom stereocenters. The van der Waals surface area contributed by atoms with E-state index in [1.54, 1.807) is 23.9 Å². The molecule has 1 fully saturated rings. The highest BCUT2D eigenvalue weighted by Crippen LogP contribution is 2.34. The molecule has 0 radical (unpaired) electrons. The van der Waals surface area contributed by atoms with E-state index in [0.29, 0.717) is 17.0 Å². The molecule has 1 aromatic carbocycles. The first-order chi connectivity index (χ1) is 13.7. The number of thioether (sulfide) groups is 1. The summed E-state index contributed by atoms with van der Waals surface area (Å²) in [6, 6.07) is 5.27. The zero-order valence-electron chi connectivity index (χ0n) is 16.4. The topological polar surface area (TPSA) is 119 Å². The van der Waals surface area contributed by atoms with Gasteiger partial charge in [0.1, 0.15) is 11.3 Å². The number of carbonyl (C=O) groups excluding carboxylic acids is 3. The zero-order chi connectivity index (χ0) is 21.1. The third-order valence-corrected chi connectivity index (χ3v) is 5.35. The third-order valence-electron chi connectivity index (χ3n) is 4.14. The summed E-state index contributed by atoms with van der Waals surface area (Å²) < 4.78 is 23.7. The standard InChI is InChI=1S/C18H21N3O7S/c1-9(22)25-15-8-29-18(17(27-11(3)24)16(15)26-10(2)23)28-12-5-6-14-13(7-12)19-20-21(14)4/h5-7,15-18H,8H2,1-4H3/t15-,16+,17-,18+/m1/s1. The molecular weight excluding hydrogens is 402 g/mol. The number of hydrogen-bond acceptors (Lipinski definition) is 10. The van der Waals surface area contributed by atoms with Gasteiger partial charge in [-0.05, 0) is 12.1 Å². The Labute approximate surface area is 170 Å². The lowest BCUT2D eigenvalue weighted by Gasteiger charge is -2.39. The van der Waals surface area contributed by atoms with Crippen molar-refractivity contribution in [2.75, 3.05) is 5.75 Å². The quantitative estimate of drug-likeness (QED) is 0.513. The van der Waals surface area contributed by atoms with Crippen LogP contribution < -0.4 is 4.74 Å². The summed E-state index contributed by atoms with van der Waals surface area (Å²) in [5, 5.41) is 8.00. The number of hydrogen-bond donors (Lipinski definition) is 0. The van der Waals surface area contributed by atoms with Crippen LogP contribution in [0.1, 0.15) is 20.8 Å². The van der Waals surface area contributed by atoms with Gasteiger partial charge in [-0.25, -0.2) is 4.68 Å². The van der Waals surface area contributed by atoms with Crippen molar-refractivity contribution in [2.45, 2.75) is 44.5 Å². The molecule has 0 amide bonds. The van der Waals surface area contributed by atoms with Crippen molar-refractivity contribution in [2.24, 2.45) is 7.05 Å². The molecule has 156 valence electrons. The van der Waals surface area contributed by atoms with E-state index < -0.39 is 41.7 Å². The van der Waals surface area contributed by atoms with E-state index in [4.69, 9.17) is 18.9 Å². The monoisotopic (exact) mass is 423 g/mol. The average Bonchev–Trinajstić information content (AvgIpc) is 2.99. The van der Waals surface area contributed by atoms with Crippen molar-refractivity contribution >= 4 is 40.7 Å². The van der Waals surface area contributed by atoms with Gasteiger partial charge in [-0.1, -0.05) is 5.21 Å². The number of carbonyl (C=O) groups is 3. The predicted octanol–water partition coefficient (Wildman–Crippen LogP) is 1.22. The second kappa shape index (κ2) is 8.68. The maximum Gasteiger partial charge on any atom is 0.303 e. The number of aromatic nitrogens is 3. The molecule has 1 aliphatic rings. The minimum atomic E-state index is -0.994. The van der Waals surface area contributed by atoms with Crippen molar-refractivity contribution in [3.8, 4) is 5.75 Å². The Morgan fingerprint density at radius 3 is 2.34 bits per heavy atom. The van der Waals surface area contributed by atoms with Crippen LogP contribution in [-0.2, 0) is 35.6 Å². The Morgan fingerprint density at radius 1 is 1.03 bits per heavy atom. The molecule has 1 aromatic heterocycles. The van der Waals surface area contributed by atoms with Gasteiger partial charge in [0.2, 0.25) is 0 Å². The fourth-order valence-electron chi connectivity index (χ4n) is 3.04. The molecule has 2 heterocycles. The summed E-state index contributed by atoms with van der Waals surface area (Å²) in [5.74, 6) is -0.903. The van der Waals surface area contributed by atoms with E-state index in [-0.39, 0.29) is 0 Å². The van der Waals surface area contributed by atoms with Gasteiger partial charge in [0, 0.05) is 39.6 Å². The first-order valence-electron chi connectivity index (χ1n) is 8.84. The summed E-state index contributed by atoms with van der Waals surface area (Å²) in [6.07, 6.45) is -2.74. The van der Waals surface area contributed by atoms with Gasteiger partial charge in [0.05, 0.1) is 5.52 Å². The van der Waals surface area contributed by atoms with Gasteiger partial charge in [-0.3, -0.25) is 14.4 Å². The molecule has 0 spiro atoms. The summed E-state index contributed by atoms with van der Waals surface area (Å²) in [4.78, 5) is 34.8. The van der Waals surface area contributed by atoms with Crippen LogP contribution in [0.2, 0.25) is 0 Å². The van der Waals surface area contributed by atoms with Crippen LogP contribution >= 0.6 is 11.8 Å². The first kappa shape index (κ1) is 20.9. The minimum Gasteiger partial charge on any atom is -0.476 e. The van der Waals surface area contributed by atoms with E-state index in [0.717, 1.165) is 5.52 Å². The lowest BCUT2D eigenvalue weighted by Crippen LogP contribution is -2.55. The molecule has 0 aliphatic carbocycles. The fraction of sp³-hybridized carbons (Fsp3) is 0.500. The molecule has 0 N–H and O–H groups in total. The van der Waals surface area contributed by atoms with Crippen molar-refractivity contribution in [3.63, 3.8) is 0 Å². The van der Waals surface area contributed by atoms with Crippen LogP contribution in [0.4, 0.5) is 0 Å². The molecule has 4 atom stereocenters. The zero-order valence-corrected chi connectivity index (χ0v) is 17.2. The van der Waals surface area contributed by atoms with Crippen LogP contribution in [0.25, 0.3) is 11.0 Å². The van der Waals surface area contributed by atoms with Crippen molar-refractivity contribution in [1.29, 1.82) is 0 Å². The Morgan fingerprint density at radius 2 is 1.69 bits per heavy atom. The number of rotatable bonds is 5. The molecule has 0 bridgehead atoms. The summed E-state index contributed by atoms with van der Waals surface area (Å²) >= 11 is 1.29. The van der Waals surface area contributed by atoms with E-state index >= 15 is 0 Å². The Kier molecular flexibility index (Phi) is 6.26. The van der Waals surface area contributed by atoms with E-state index in [9.17, 15) is 14.4 Å². The second-order valence-corrected chi connectivity index (χ2v) is 7.61. The van der Waals surface area contributed by atoms with E-state index in [2.05, 4.69) is 10.3 Å². The lowest BCUT2D eigenvalue weighted by molar-refractivity contribution is -0.186. The summed E-state index contributed by atoms with van der Waals surface area (Å²) in [6.45, 7) is 3.73. The summed E-state index contributed by atoms with van der Waals surface area (Å²) in [5.41, 5.74) is 0.784. The number of esters is 3. The highest BCUT2D eigenvalue weighted by Gasteiger charge is 2.47. The molecule has 11 heteroatoms. The predicted molar refractivity (Wildman–Crippen MR) is 102 cm³/mol. The smallest absolute Gasteiger partial charge is 0.303 e. The fourth-order valence-corrected chi connectivity index (χ4v) is 4.25. The van der Waals surface area contributed by atoms with Crippen molar-refractivity contribution in [1.82, 2.24) is 15.0 Å². The minimum absolute atomic E-state index is 0.299. The molecular formula is C18H21N3O7S. The highest BCUT2D eigenvalue weighted by atomic mass is 32.2. The SMILES string of the molecule is CC(=O)O[C@@H]1[C@@H](OC(C)=O)[C@@H](Oc2ccc3c(c2)nnn3C)SC[C@H]1OC(C)=O. The average molecular weight is 423 g/mol. The summed E-state index contributed by atoms with van der Waals surface area (Å²) in [7, 11) is 1.78. The number of nitrogens with zero attached hydrogens (tertiary/aromatic N) is 3. The van der Waals surface area contributed by atoms with Crippen LogP contribution in [0.3, 0.4) is 0 Å². The van der Waals surface area contributed by atoms with Gasteiger partial charge in [-0.15, -0.1) is 16.9 Å². The number of aryl methyl sites for hydroxylation is 1. The Bertz CT molecular complexity index is 931. The van der Waals surface area contributed by atoms with Crippen LogP contribution in [0, 0.1) is 0 Å². The normalized spacial score (nSPS) is 24.0. The van der Waals surface area contributed by atoms with Crippen LogP contribution in [0.5, 0.6) is 5.75 Å². The highest BCUT2D eigenvalue weighted by molar-refractivity contribution is 7.99. The molecule has 10 nitrogen and oxygen atoms in total. The third kappa shape index (κ3) is 4.97. The van der Waals surface area contributed by atoms with Gasteiger partial charge < -0.3 is 18.9 Å². The number of benzene rings is 1. The largest absolute Gasteiger partial charge is 0.476 e. The van der Waals surface area contributed by atoms with Crippen molar-refractivity contribution < 1.29 is 33.3 Å². The molecule has 1 aliphatic heterocycles. The first-order valence-corrected chi connectivity index (χ1v) is 9.89. The maximum atomic E-state index is 11.7.